The van der Waals surface area contributed by atoms with Crippen molar-refractivity contribution in [2.45, 2.75) is 26.8 Å². The predicted octanol–water partition coefficient (Wildman–Crippen LogP) is 5.53. The van der Waals surface area contributed by atoms with Crippen LogP contribution < -0.4 is 10.5 Å². The highest BCUT2D eigenvalue weighted by Gasteiger charge is 2.09. The van der Waals surface area contributed by atoms with E-state index in [-0.39, 0.29) is 6.04 Å². The van der Waals surface area contributed by atoms with E-state index in [9.17, 15) is 0 Å². The van der Waals surface area contributed by atoms with E-state index in [1.807, 2.05) is 51.1 Å². The van der Waals surface area contributed by atoms with Gasteiger partial charge in [0.05, 0.1) is 4.47 Å². The standard InChI is InChI=1S/C16H17BrClNO/c1-9-6-13(7-10(2)16(9)18)20-15-5-4-12(11(3)19)8-14(15)17/h4-8,11H,19H2,1-3H3/t11-/m1/s1. The number of benzene rings is 2. The van der Waals surface area contributed by atoms with Crippen molar-refractivity contribution in [3.05, 3.63) is 56.5 Å². The number of rotatable bonds is 3. The van der Waals surface area contributed by atoms with E-state index in [1.54, 1.807) is 0 Å². The molecule has 20 heavy (non-hydrogen) atoms. The van der Waals surface area contributed by atoms with Crippen LogP contribution in [0.25, 0.3) is 0 Å². The number of aryl methyl sites for hydroxylation is 2. The Labute approximate surface area is 133 Å². The van der Waals surface area contributed by atoms with Crippen molar-refractivity contribution in [3.63, 3.8) is 0 Å². The zero-order valence-electron chi connectivity index (χ0n) is 11.7. The van der Waals surface area contributed by atoms with Crippen molar-refractivity contribution in [3.8, 4) is 11.5 Å². The Bertz CT molecular complexity index is 617. The molecular weight excluding hydrogens is 338 g/mol. The van der Waals surface area contributed by atoms with E-state index in [0.717, 1.165) is 37.7 Å². The maximum Gasteiger partial charge on any atom is 0.141 e. The van der Waals surface area contributed by atoms with Gasteiger partial charge in [0.25, 0.3) is 0 Å². The summed E-state index contributed by atoms with van der Waals surface area (Å²) in [6.45, 7) is 5.89. The van der Waals surface area contributed by atoms with Crippen LogP contribution in [0, 0.1) is 13.8 Å². The lowest BCUT2D eigenvalue weighted by Gasteiger charge is -2.13. The summed E-state index contributed by atoms with van der Waals surface area (Å²) in [6.07, 6.45) is 0. The molecule has 0 saturated carbocycles. The molecule has 0 aliphatic heterocycles. The molecule has 2 N–H and O–H groups in total. The Balaban J connectivity index is 2.31. The highest BCUT2D eigenvalue weighted by atomic mass is 79.9. The highest BCUT2D eigenvalue weighted by molar-refractivity contribution is 9.10. The van der Waals surface area contributed by atoms with Crippen molar-refractivity contribution in [2.75, 3.05) is 0 Å². The molecule has 0 spiro atoms. The van der Waals surface area contributed by atoms with E-state index in [1.165, 1.54) is 0 Å². The quantitative estimate of drug-likeness (QED) is 0.786. The number of hydrogen-bond donors (Lipinski definition) is 1. The molecule has 0 fully saturated rings. The third-order valence-electron chi connectivity index (χ3n) is 3.12. The largest absolute Gasteiger partial charge is 0.456 e. The molecule has 0 radical (unpaired) electrons. The maximum absolute atomic E-state index is 6.16. The molecule has 0 heterocycles. The van der Waals surface area contributed by atoms with Crippen LogP contribution in [0.15, 0.2) is 34.8 Å². The molecular formula is C16H17BrClNO. The first-order chi connectivity index (χ1) is 9.38. The molecule has 0 aliphatic rings. The van der Waals surface area contributed by atoms with Crippen LogP contribution in [0.2, 0.25) is 5.02 Å². The second kappa shape index (κ2) is 6.17. The van der Waals surface area contributed by atoms with Crippen LogP contribution in [0.4, 0.5) is 0 Å². The fourth-order valence-electron chi connectivity index (χ4n) is 1.98. The van der Waals surface area contributed by atoms with Crippen molar-refractivity contribution in [2.24, 2.45) is 5.73 Å². The van der Waals surface area contributed by atoms with Gasteiger partial charge in [0, 0.05) is 11.1 Å². The van der Waals surface area contributed by atoms with E-state index in [2.05, 4.69) is 15.9 Å². The second-order valence-corrected chi connectivity index (χ2v) is 6.18. The Hall–Kier alpha value is -1.03. The maximum atomic E-state index is 6.16. The van der Waals surface area contributed by atoms with Crippen LogP contribution in [0.1, 0.15) is 29.7 Å². The molecule has 0 saturated heterocycles. The molecule has 4 heteroatoms. The first-order valence-corrected chi connectivity index (χ1v) is 7.55. The summed E-state index contributed by atoms with van der Waals surface area (Å²) < 4.78 is 6.80. The van der Waals surface area contributed by atoms with Gasteiger partial charge in [-0.15, -0.1) is 0 Å². The lowest BCUT2D eigenvalue weighted by atomic mass is 10.1. The highest BCUT2D eigenvalue weighted by Crippen LogP contribution is 2.34. The van der Waals surface area contributed by atoms with E-state index >= 15 is 0 Å². The van der Waals surface area contributed by atoms with Gasteiger partial charge in [-0.3, -0.25) is 0 Å². The Kier molecular flexibility index (Phi) is 4.74. The molecule has 106 valence electrons. The summed E-state index contributed by atoms with van der Waals surface area (Å²) in [4.78, 5) is 0. The predicted molar refractivity (Wildman–Crippen MR) is 87.7 cm³/mol. The Morgan fingerprint density at radius 1 is 1.15 bits per heavy atom. The summed E-state index contributed by atoms with van der Waals surface area (Å²) in [5.41, 5.74) is 8.94. The van der Waals surface area contributed by atoms with Crippen LogP contribution in [0.3, 0.4) is 0 Å². The van der Waals surface area contributed by atoms with Gasteiger partial charge in [-0.25, -0.2) is 0 Å². The van der Waals surface area contributed by atoms with Gasteiger partial charge in [-0.05, 0) is 77.7 Å². The SMILES string of the molecule is Cc1cc(Oc2ccc([C@@H](C)N)cc2Br)cc(C)c1Cl. The van der Waals surface area contributed by atoms with E-state index in [4.69, 9.17) is 22.1 Å². The van der Waals surface area contributed by atoms with Gasteiger partial charge in [0.2, 0.25) is 0 Å². The second-order valence-electron chi connectivity index (χ2n) is 4.95. The van der Waals surface area contributed by atoms with Gasteiger partial charge >= 0.3 is 0 Å². The van der Waals surface area contributed by atoms with Crippen LogP contribution >= 0.6 is 27.5 Å². The minimum atomic E-state index is 0.000343. The van der Waals surface area contributed by atoms with Crippen LogP contribution in [-0.4, -0.2) is 0 Å². The van der Waals surface area contributed by atoms with Crippen molar-refractivity contribution in [1.82, 2.24) is 0 Å². The molecule has 0 bridgehead atoms. The van der Waals surface area contributed by atoms with E-state index in [0.29, 0.717) is 0 Å². The average molecular weight is 355 g/mol. The summed E-state index contributed by atoms with van der Waals surface area (Å²) in [6, 6.07) is 9.74. The third kappa shape index (κ3) is 3.35. The molecule has 2 aromatic carbocycles. The third-order valence-corrected chi connectivity index (χ3v) is 4.34. The molecule has 1 atom stereocenters. The van der Waals surface area contributed by atoms with Gasteiger partial charge in [-0.1, -0.05) is 17.7 Å². The number of hydrogen-bond acceptors (Lipinski definition) is 2. The lowest BCUT2D eigenvalue weighted by Crippen LogP contribution is -2.04. The van der Waals surface area contributed by atoms with Gasteiger partial charge < -0.3 is 10.5 Å². The van der Waals surface area contributed by atoms with Gasteiger partial charge in [-0.2, -0.15) is 0 Å². The molecule has 2 rings (SSSR count). The minimum Gasteiger partial charge on any atom is -0.456 e. The summed E-state index contributed by atoms with van der Waals surface area (Å²) in [5, 5.41) is 0.781. The lowest BCUT2D eigenvalue weighted by molar-refractivity contribution is 0.478. The summed E-state index contributed by atoms with van der Waals surface area (Å²) >= 11 is 9.68. The van der Waals surface area contributed by atoms with Crippen molar-refractivity contribution in [1.29, 1.82) is 0 Å². The minimum absolute atomic E-state index is 0.000343. The van der Waals surface area contributed by atoms with Gasteiger partial charge in [0.15, 0.2) is 0 Å². The van der Waals surface area contributed by atoms with Crippen LogP contribution in [-0.2, 0) is 0 Å². The zero-order chi connectivity index (χ0) is 14.9. The van der Waals surface area contributed by atoms with Crippen molar-refractivity contribution < 1.29 is 4.74 Å². The fraction of sp³-hybridized carbons (Fsp3) is 0.250. The fourth-order valence-corrected chi connectivity index (χ4v) is 2.56. The molecule has 0 amide bonds. The number of nitrogens with two attached hydrogens (primary N) is 1. The number of ether oxygens (including phenoxy) is 1. The molecule has 0 unspecified atom stereocenters. The topological polar surface area (TPSA) is 35.2 Å². The Morgan fingerprint density at radius 3 is 2.25 bits per heavy atom. The first-order valence-electron chi connectivity index (χ1n) is 6.38. The first kappa shape index (κ1) is 15.4. The Morgan fingerprint density at radius 2 is 1.75 bits per heavy atom. The average Bonchev–Trinajstić information content (AvgIpc) is 2.38. The molecule has 0 aliphatic carbocycles. The van der Waals surface area contributed by atoms with Crippen LogP contribution in [0.5, 0.6) is 11.5 Å². The molecule has 0 aromatic heterocycles. The summed E-state index contributed by atoms with van der Waals surface area (Å²) in [7, 11) is 0. The van der Waals surface area contributed by atoms with Crippen molar-refractivity contribution >= 4 is 27.5 Å². The summed E-state index contributed by atoms with van der Waals surface area (Å²) in [5.74, 6) is 1.54. The number of halogens is 2. The van der Waals surface area contributed by atoms with E-state index < -0.39 is 0 Å². The molecule has 2 nitrogen and oxygen atoms in total. The van der Waals surface area contributed by atoms with Gasteiger partial charge in [0.1, 0.15) is 11.5 Å². The monoisotopic (exact) mass is 353 g/mol. The normalized spacial score (nSPS) is 12.3. The zero-order valence-corrected chi connectivity index (χ0v) is 14.0. The molecule has 2 aromatic rings. The smallest absolute Gasteiger partial charge is 0.141 e.